The molecule has 0 radical (unpaired) electrons. The molecule has 0 bridgehead atoms. The maximum Gasteiger partial charge on any atom is 0.326 e. The maximum atomic E-state index is 15.1. The summed E-state index contributed by atoms with van der Waals surface area (Å²) in [6, 6.07) is 15.4. The summed E-state index contributed by atoms with van der Waals surface area (Å²) in [5.41, 5.74) is 13.4. The molecule has 0 saturated carbocycles. The lowest BCUT2D eigenvalue weighted by Crippen LogP contribution is -2.62. The highest BCUT2D eigenvalue weighted by Gasteiger charge is 2.39. The zero-order valence-electron chi connectivity index (χ0n) is 64.2. The SMILES string of the molecule is CC[C@H](C)[C@H](NC(=O)[C@H](C)NC(=O)[C@H](CO)NC(=O)[C@@H]1CCCN1)C(=O)N[C@@H](Cc1ccccc1)C(=O)N[C@@H](CC(C)C)C(=O)N[C@@H](Cc1ccccc1)C(=O)N[C@@H](Cc1ccccc1)C(=O)N[C@@H](CO)C(=O)N[C@@H](Cc1ccccc1)C(=O)N[C@@H](CCC(=O)O)C(=O)N[C@@H](CCCCN)C(=O)N[C@@H](CCCCN)C(=O)O. The number of aliphatic carboxylic acids is 2. The Morgan fingerprint density at radius 1 is 0.402 bits per heavy atom. The highest BCUT2D eigenvalue weighted by Crippen LogP contribution is 2.17. The first-order valence-electron chi connectivity index (χ1n) is 38.2. The van der Waals surface area contributed by atoms with Crippen LogP contribution in [0.25, 0.3) is 0 Å². The monoisotopic (exact) mass is 1560 g/mol. The van der Waals surface area contributed by atoms with Gasteiger partial charge in [0, 0.05) is 32.1 Å². The Balaban J connectivity index is 1.40. The Morgan fingerprint density at radius 2 is 0.741 bits per heavy atom. The van der Waals surface area contributed by atoms with Crippen molar-refractivity contribution in [1.82, 2.24) is 69.1 Å². The van der Waals surface area contributed by atoms with Crippen LogP contribution in [-0.4, -0.2) is 215 Å². The smallest absolute Gasteiger partial charge is 0.326 e. The van der Waals surface area contributed by atoms with E-state index in [0.717, 1.165) is 6.42 Å². The minimum Gasteiger partial charge on any atom is -0.481 e. The molecule has 1 fully saturated rings. The largest absolute Gasteiger partial charge is 0.481 e. The molecule has 0 aliphatic carbocycles. The molecule has 1 aliphatic heterocycles. The van der Waals surface area contributed by atoms with Crippen molar-refractivity contribution in [2.75, 3.05) is 32.8 Å². The van der Waals surface area contributed by atoms with Crippen molar-refractivity contribution in [3.05, 3.63) is 144 Å². The number of unbranched alkanes of at least 4 members (excludes halogenated alkanes) is 2. The van der Waals surface area contributed by atoms with Gasteiger partial charge in [0.15, 0.2) is 0 Å². The van der Waals surface area contributed by atoms with E-state index >= 15 is 4.79 Å². The van der Waals surface area contributed by atoms with Gasteiger partial charge < -0.3 is 101 Å². The van der Waals surface area contributed by atoms with Gasteiger partial charge in [-0.3, -0.25) is 62.3 Å². The topological polar surface area (TPSA) is 528 Å². The number of hydrogen-bond donors (Lipinski definition) is 19. The van der Waals surface area contributed by atoms with Crippen LogP contribution < -0.4 is 80.6 Å². The van der Waals surface area contributed by atoms with E-state index in [-0.39, 0.29) is 70.4 Å². The molecule has 12 amide bonds. The average Bonchev–Trinajstić information content (AvgIpc) is 1.40. The van der Waals surface area contributed by atoms with Gasteiger partial charge in [0.1, 0.15) is 72.5 Å². The number of nitrogens with two attached hydrogens (primary N) is 2. The number of benzene rings is 4. The fraction of sp³-hybridized carbons (Fsp3) is 0.519. The van der Waals surface area contributed by atoms with Crippen LogP contribution in [0.4, 0.5) is 0 Å². The van der Waals surface area contributed by atoms with Crippen LogP contribution in [0.5, 0.6) is 0 Å². The summed E-state index contributed by atoms with van der Waals surface area (Å²) in [4.78, 5) is 196. The van der Waals surface area contributed by atoms with Gasteiger partial charge in [-0.1, -0.05) is 155 Å². The van der Waals surface area contributed by atoms with Crippen molar-refractivity contribution in [2.24, 2.45) is 23.3 Å². The van der Waals surface area contributed by atoms with Crippen LogP contribution >= 0.6 is 0 Å². The summed E-state index contributed by atoms with van der Waals surface area (Å²) in [7, 11) is 0. The highest BCUT2D eigenvalue weighted by atomic mass is 16.4. The number of hydrogen-bond acceptors (Lipinski definition) is 19. The number of carbonyl (C=O) groups excluding carboxylic acids is 12. The molecule has 33 heteroatoms. The second-order valence-corrected chi connectivity index (χ2v) is 28.5. The number of carboxylic acid groups (broad SMARTS) is 2. The summed E-state index contributed by atoms with van der Waals surface area (Å²) in [5, 5.41) is 74.9. The van der Waals surface area contributed by atoms with Crippen molar-refractivity contribution in [2.45, 2.75) is 216 Å². The summed E-state index contributed by atoms with van der Waals surface area (Å²) < 4.78 is 0. The van der Waals surface area contributed by atoms with E-state index < -0.39 is 193 Å². The zero-order valence-corrected chi connectivity index (χ0v) is 64.2. The number of carboxylic acids is 2. The predicted octanol–water partition coefficient (Wildman–Crippen LogP) is -1.17. The van der Waals surface area contributed by atoms with E-state index in [2.05, 4.69) is 69.1 Å². The van der Waals surface area contributed by atoms with E-state index in [1.807, 2.05) is 0 Å². The Labute approximate surface area is 652 Å². The minimum atomic E-state index is -1.86. The number of nitrogens with one attached hydrogen (secondary N) is 13. The molecule has 1 aliphatic rings. The lowest BCUT2D eigenvalue weighted by molar-refractivity contribution is -0.142. The standard InChI is InChI=1S/C79H113N15O18/c1-6-48(4)66(94-67(99)49(5)83-76(108)63(45-95)92-68(100)54-34-23-39-82-54)78(110)91-62(44-53-30-17-10-18-31-53)74(106)87-58(40-47(2)3)71(103)88-60(42-51-26-13-8-14-27-51)73(105)89-61(43-52-28-15-9-16-29-52)75(107)93-64(46-96)77(109)90-59(41-50-24-11-7-12-25-50)72(104)85-56(35-36-65(97)98)70(102)84-55(32-19-21-37-80)69(101)86-57(79(111)112)33-20-22-38-81/h7-18,24-31,47-49,54-64,66,82,95-96H,6,19-23,32-46,80-81H2,1-5H3,(H,83,108)(H,84,102)(H,85,104)(H,86,101)(H,87,106)(H,88,103)(H,89,105)(H,90,109)(H,91,110)(H,92,100)(H,93,107)(H,94,99)(H,97,98)(H,111,112)/t48-,49-,54-,55-,56-,57-,58-,59-,60-,61-,62-,63-,64-,66-/m0/s1. The fourth-order valence-corrected chi connectivity index (χ4v) is 12.4. The Kier molecular flexibility index (Phi) is 40.0. The van der Waals surface area contributed by atoms with Crippen molar-refractivity contribution >= 4 is 82.8 Å². The van der Waals surface area contributed by atoms with Crippen LogP contribution in [0.1, 0.15) is 134 Å². The first-order chi connectivity index (χ1) is 53.6. The molecule has 0 spiro atoms. The third-order valence-electron chi connectivity index (χ3n) is 19.0. The first-order valence-corrected chi connectivity index (χ1v) is 38.2. The average molecular weight is 1560 g/mol. The van der Waals surface area contributed by atoms with Crippen molar-refractivity contribution in [3.8, 4) is 0 Å². The summed E-state index contributed by atoms with van der Waals surface area (Å²) in [6.45, 7) is 7.64. The number of carbonyl (C=O) groups is 14. The van der Waals surface area contributed by atoms with Crippen molar-refractivity contribution in [3.63, 3.8) is 0 Å². The van der Waals surface area contributed by atoms with E-state index in [1.54, 1.807) is 149 Å². The summed E-state index contributed by atoms with van der Waals surface area (Å²) >= 11 is 0. The van der Waals surface area contributed by atoms with Crippen LogP contribution in [0.2, 0.25) is 0 Å². The van der Waals surface area contributed by atoms with Gasteiger partial charge in [0.2, 0.25) is 70.9 Å². The van der Waals surface area contributed by atoms with Gasteiger partial charge in [-0.05, 0) is 125 Å². The van der Waals surface area contributed by atoms with Gasteiger partial charge in [-0.2, -0.15) is 0 Å². The Morgan fingerprint density at radius 3 is 1.12 bits per heavy atom. The molecule has 1 heterocycles. The van der Waals surface area contributed by atoms with E-state index in [9.17, 15) is 82.8 Å². The van der Waals surface area contributed by atoms with E-state index in [1.165, 1.54) is 6.92 Å². The van der Waals surface area contributed by atoms with Crippen LogP contribution in [-0.2, 0) is 92.8 Å². The second-order valence-electron chi connectivity index (χ2n) is 28.5. The summed E-state index contributed by atoms with van der Waals surface area (Å²) in [6.07, 6.45) is 1.10. The van der Waals surface area contributed by atoms with Crippen molar-refractivity contribution < 1.29 is 87.5 Å². The Bertz CT molecular complexity index is 3710. The lowest BCUT2D eigenvalue weighted by Gasteiger charge is -2.30. The van der Waals surface area contributed by atoms with E-state index in [0.29, 0.717) is 60.9 Å². The normalized spacial score (nSPS) is 16.0. The molecule has 0 unspecified atom stereocenters. The molecule has 612 valence electrons. The van der Waals surface area contributed by atoms with E-state index in [4.69, 9.17) is 11.5 Å². The third kappa shape index (κ3) is 31.9. The molecular weight excluding hydrogens is 1450 g/mol. The molecular formula is C79H113N15O18. The molecule has 14 atom stereocenters. The van der Waals surface area contributed by atoms with Crippen LogP contribution in [0, 0.1) is 11.8 Å². The Hall–Kier alpha value is -10.7. The lowest BCUT2D eigenvalue weighted by atomic mass is 9.96. The molecule has 0 aromatic heterocycles. The maximum absolute atomic E-state index is 15.1. The number of amides is 12. The van der Waals surface area contributed by atoms with Gasteiger partial charge >= 0.3 is 11.9 Å². The molecule has 4 aromatic carbocycles. The number of rotatable bonds is 50. The van der Waals surface area contributed by atoms with Gasteiger partial charge in [0.05, 0.1) is 19.3 Å². The molecule has 112 heavy (non-hydrogen) atoms. The molecule has 5 rings (SSSR count). The minimum absolute atomic E-state index is 0.0139. The number of aliphatic hydroxyl groups excluding tert-OH is 2. The molecule has 33 nitrogen and oxygen atoms in total. The highest BCUT2D eigenvalue weighted by molar-refractivity contribution is 6.00. The van der Waals surface area contributed by atoms with Crippen molar-refractivity contribution in [1.29, 1.82) is 0 Å². The molecule has 1 saturated heterocycles. The van der Waals surface area contributed by atoms with Gasteiger partial charge in [-0.15, -0.1) is 0 Å². The zero-order chi connectivity index (χ0) is 82.2. The first kappa shape index (κ1) is 91.9. The second kappa shape index (κ2) is 48.8. The molecule has 4 aromatic rings. The fourth-order valence-electron chi connectivity index (χ4n) is 12.4. The quantitative estimate of drug-likeness (QED) is 0.0232. The van der Waals surface area contributed by atoms with Crippen LogP contribution in [0.3, 0.4) is 0 Å². The number of aliphatic hydroxyl groups is 2. The van der Waals surface area contributed by atoms with Gasteiger partial charge in [-0.25, -0.2) is 4.79 Å². The summed E-state index contributed by atoms with van der Waals surface area (Å²) in [5.74, 6) is -14.2. The van der Waals surface area contributed by atoms with Crippen LogP contribution in [0.15, 0.2) is 121 Å². The predicted molar refractivity (Wildman–Crippen MR) is 414 cm³/mol. The molecule has 21 N–H and O–H groups in total. The van der Waals surface area contributed by atoms with Gasteiger partial charge in [0.25, 0.3) is 0 Å². The third-order valence-corrected chi connectivity index (χ3v) is 19.0.